The summed E-state index contributed by atoms with van der Waals surface area (Å²) in [6, 6.07) is 7.11. The van der Waals surface area contributed by atoms with Crippen molar-refractivity contribution >= 4 is 5.97 Å². The van der Waals surface area contributed by atoms with Crippen molar-refractivity contribution in [2.75, 3.05) is 6.54 Å². The van der Waals surface area contributed by atoms with E-state index in [1.54, 1.807) is 18.2 Å². The molecule has 1 N–H and O–H groups in total. The Bertz CT molecular complexity index is 508. The predicted molar refractivity (Wildman–Crippen MR) is 63.3 cm³/mol. The fraction of sp³-hybridized carbons (Fsp3) is 0.250. The molecular weight excluding hydrogens is 218 g/mol. The van der Waals surface area contributed by atoms with Crippen molar-refractivity contribution in [1.82, 2.24) is 0 Å². The number of benzene rings is 1. The van der Waals surface area contributed by atoms with Crippen molar-refractivity contribution in [2.24, 2.45) is 5.11 Å². The van der Waals surface area contributed by atoms with Gasteiger partial charge in [-0.2, -0.15) is 0 Å². The molecule has 0 unspecified atom stereocenters. The standard InChI is InChI=1S/C12H11N3O2/c13-15-14-8-4-3-6-10-5-1-2-7-11(10)9-12(16)17/h1-2,5,7H,4,8-9H2,(H,16,17). The number of hydrogen-bond donors (Lipinski definition) is 1. The van der Waals surface area contributed by atoms with E-state index in [-0.39, 0.29) is 6.42 Å². The van der Waals surface area contributed by atoms with Crippen LogP contribution < -0.4 is 0 Å². The molecule has 5 nitrogen and oxygen atoms in total. The van der Waals surface area contributed by atoms with Gasteiger partial charge in [0.15, 0.2) is 0 Å². The van der Waals surface area contributed by atoms with Crippen molar-refractivity contribution in [3.05, 3.63) is 45.8 Å². The monoisotopic (exact) mass is 229 g/mol. The molecule has 0 amide bonds. The highest BCUT2D eigenvalue weighted by Crippen LogP contribution is 2.08. The van der Waals surface area contributed by atoms with Gasteiger partial charge in [0.2, 0.25) is 0 Å². The molecule has 0 fully saturated rings. The van der Waals surface area contributed by atoms with E-state index in [0.717, 1.165) is 0 Å². The lowest BCUT2D eigenvalue weighted by atomic mass is 10.1. The summed E-state index contributed by atoms with van der Waals surface area (Å²) >= 11 is 0. The summed E-state index contributed by atoms with van der Waals surface area (Å²) in [5.41, 5.74) is 9.47. The van der Waals surface area contributed by atoms with Gasteiger partial charge in [0.1, 0.15) is 0 Å². The summed E-state index contributed by atoms with van der Waals surface area (Å²) in [4.78, 5) is 13.2. The second-order valence-electron chi connectivity index (χ2n) is 3.23. The maximum atomic E-state index is 10.6. The summed E-state index contributed by atoms with van der Waals surface area (Å²) in [6.45, 7) is 0.324. The molecule has 0 radical (unpaired) electrons. The minimum Gasteiger partial charge on any atom is -0.481 e. The Hall–Kier alpha value is -2.44. The van der Waals surface area contributed by atoms with Gasteiger partial charge in [-0.1, -0.05) is 35.2 Å². The number of carbonyl (C=O) groups is 1. The molecule has 0 aliphatic rings. The van der Waals surface area contributed by atoms with Crippen LogP contribution >= 0.6 is 0 Å². The number of hydrogen-bond acceptors (Lipinski definition) is 2. The lowest BCUT2D eigenvalue weighted by Crippen LogP contribution is -2.01. The third-order valence-electron chi connectivity index (χ3n) is 1.98. The van der Waals surface area contributed by atoms with Gasteiger partial charge in [-0.05, 0) is 17.2 Å². The van der Waals surface area contributed by atoms with Gasteiger partial charge >= 0.3 is 5.97 Å². The Morgan fingerprint density at radius 2 is 2.24 bits per heavy atom. The number of carboxylic acids is 1. The van der Waals surface area contributed by atoms with E-state index in [2.05, 4.69) is 21.9 Å². The molecule has 1 aromatic carbocycles. The SMILES string of the molecule is [N-]=[N+]=NCCC#Cc1ccccc1CC(=O)O. The molecular formula is C12H11N3O2. The maximum Gasteiger partial charge on any atom is 0.307 e. The second kappa shape index (κ2) is 6.94. The zero-order chi connectivity index (χ0) is 12.5. The van der Waals surface area contributed by atoms with E-state index in [4.69, 9.17) is 10.6 Å². The molecule has 17 heavy (non-hydrogen) atoms. The van der Waals surface area contributed by atoms with Gasteiger partial charge < -0.3 is 5.11 Å². The largest absolute Gasteiger partial charge is 0.481 e. The first-order valence-corrected chi connectivity index (χ1v) is 5.03. The highest BCUT2D eigenvalue weighted by Gasteiger charge is 2.03. The van der Waals surface area contributed by atoms with Crippen molar-refractivity contribution < 1.29 is 9.90 Å². The van der Waals surface area contributed by atoms with E-state index < -0.39 is 5.97 Å². The summed E-state index contributed by atoms with van der Waals surface area (Å²) < 4.78 is 0. The molecule has 1 aromatic rings. The highest BCUT2D eigenvalue weighted by atomic mass is 16.4. The molecule has 0 aliphatic carbocycles. The van der Waals surface area contributed by atoms with Crippen LogP contribution in [0.5, 0.6) is 0 Å². The number of azide groups is 1. The third kappa shape index (κ3) is 4.74. The van der Waals surface area contributed by atoms with Crippen LogP contribution in [-0.4, -0.2) is 17.6 Å². The summed E-state index contributed by atoms with van der Waals surface area (Å²) in [6.07, 6.45) is 0.423. The molecule has 0 aromatic heterocycles. The normalized spacial score (nSPS) is 8.71. The summed E-state index contributed by atoms with van der Waals surface area (Å²) in [5.74, 6) is 4.84. The van der Waals surface area contributed by atoms with E-state index in [1.807, 2.05) is 6.07 Å². The zero-order valence-corrected chi connectivity index (χ0v) is 9.13. The maximum absolute atomic E-state index is 10.6. The molecule has 1 rings (SSSR count). The molecule has 0 spiro atoms. The first-order valence-electron chi connectivity index (χ1n) is 5.03. The molecule has 0 aliphatic heterocycles. The molecule has 86 valence electrons. The third-order valence-corrected chi connectivity index (χ3v) is 1.98. The highest BCUT2D eigenvalue weighted by molar-refractivity contribution is 5.71. The summed E-state index contributed by atoms with van der Waals surface area (Å²) in [5, 5.41) is 12.1. The van der Waals surface area contributed by atoms with Gasteiger partial charge in [0, 0.05) is 23.4 Å². The van der Waals surface area contributed by atoms with E-state index in [1.165, 1.54) is 0 Å². The van der Waals surface area contributed by atoms with Gasteiger partial charge in [-0.3, -0.25) is 4.79 Å². The quantitative estimate of drug-likeness (QED) is 0.282. The van der Waals surface area contributed by atoms with Crippen LogP contribution in [0.2, 0.25) is 0 Å². The van der Waals surface area contributed by atoms with Crippen LogP contribution in [0.15, 0.2) is 29.4 Å². The van der Waals surface area contributed by atoms with Crippen LogP contribution in [0.3, 0.4) is 0 Å². The Balaban J connectivity index is 2.75. The van der Waals surface area contributed by atoms with Gasteiger partial charge in [0.25, 0.3) is 0 Å². The smallest absolute Gasteiger partial charge is 0.307 e. The van der Waals surface area contributed by atoms with E-state index in [0.29, 0.717) is 24.1 Å². The molecule has 0 saturated heterocycles. The van der Waals surface area contributed by atoms with Crippen LogP contribution in [-0.2, 0) is 11.2 Å². The minimum absolute atomic E-state index is 0.0405. The van der Waals surface area contributed by atoms with Gasteiger partial charge in [-0.25, -0.2) is 0 Å². The van der Waals surface area contributed by atoms with E-state index in [9.17, 15) is 4.79 Å². The van der Waals surface area contributed by atoms with Crippen molar-refractivity contribution in [1.29, 1.82) is 0 Å². The number of aliphatic carboxylic acids is 1. The molecule has 0 atom stereocenters. The van der Waals surface area contributed by atoms with Crippen molar-refractivity contribution in [3.63, 3.8) is 0 Å². The Morgan fingerprint density at radius 1 is 1.47 bits per heavy atom. The van der Waals surface area contributed by atoms with Crippen molar-refractivity contribution in [2.45, 2.75) is 12.8 Å². The lowest BCUT2D eigenvalue weighted by Gasteiger charge is -1.99. The minimum atomic E-state index is -0.881. The van der Waals surface area contributed by atoms with Crippen LogP contribution in [0.25, 0.3) is 10.4 Å². The zero-order valence-electron chi connectivity index (χ0n) is 9.13. The Labute approximate surface area is 98.7 Å². The fourth-order valence-corrected chi connectivity index (χ4v) is 1.27. The van der Waals surface area contributed by atoms with Crippen LogP contribution in [0.4, 0.5) is 0 Å². The number of rotatable bonds is 4. The molecule has 0 bridgehead atoms. The van der Waals surface area contributed by atoms with Crippen molar-refractivity contribution in [3.8, 4) is 11.8 Å². The lowest BCUT2D eigenvalue weighted by molar-refractivity contribution is -0.136. The molecule has 0 heterocycles. The average molecular weight is 229 g/mol. The summed E-state index contributed by atoms with van der Waals surface area (Å²) in [7, 11) is 0. The first kappa shape index (κ1) is 12.6. The topological polar surface area (TPSA) is 86.1 Å². The van der Waals surface area contributed by atoms with Gasteiger partial charge in [0.05, 0.1) is 6.42 Å². The second-order valence-corrected chi connectivity index (χ2v) is 3.23. The number of nitrogens with zero attached hydrogens (tertiary/aromatic N) is 3. The Morgan fingerprint density at radius 3 is 2.94 bits per heavy atom. The predicted octanol–water partition coefficient (Wildman–Crippen LogP) is 2.37. The fourth-order valence-electron chi connectivity index (χ4n) is 1.27. The average Bonchev–Trinajstić information content (AvgIpc) is 2.30. The number of carboxylic acid groups (broad SMARTS) is 1. The van der Waals surface area contributed by atoms with Gasteiger partial charge in [-0.15, -0.1) is 0 Å². The van der Waals surface area contributed by atoms with Crippen LogP contribution in [0.1, 0.15) is 17.5 Å². The first-order chi connectivity index (χ1) is 8.24. The van der Waals surface area contributed by atoms with Crippen LogP contribution in [0, 0.1) is 11.8 Å². The van der Waals surface area contributed by atoms with E-state index >= 15 is 0 Å². The molecule has 5 heteroatoms. The molecule has 0 saturated carbocycles. The Kier molecular flexibility index (Phi) is 5.15.